The molecule has 0 fully saturated rings. The second kappa shape index (κ2) is 3.01. The van der Waals surface area contributed by atoms with Gasteiger partial charge in [0.15, 0.2) is 0 Å². The minimum Gasteiger partial charge on any atom is -0.481 e. The molecule has 1 N–H and O–H groups in total. The highest BCUT2D eigenvalue weighted by atomic mass is 35.5. The Kier molecular flexibility index (Phi) is 2.84. The second-order valence-corrected chi connectivity index (χ2v) is 2.61. The molecule has 0 spiro atoms. The Bertz CT molecular complexity index is 175. The van der Waals surface area contributed by atoms with Crippen LogP contribution in [0.4, 0.5) is 4.39 Å². The minimum absolute atomic E-state index is 0.633. The van der Waals surface area contributed by atoms with Crippen molar-refractivity contribution in [2.24, 2.45) is 5.41 Å². The summed E-state index contributed by atoms with van der Waals surface area (Å²) in [6.07, 6.45) is 0. The predicted molar refractivity (Wildman–Crippen MR) is 36.5 cm³/mol. The van der Waals surface area contributed by atoms with Gasteiger partial charge in [-0.2, -0.15) is 0 Å². The molecule has 0 heterocycles. The molecule has 0 aromatic heterocycles. The van der Waals surface area contributed by atoms with Crippen molar-refractivity contribution < 1.29 is 14.3 Å². The Morgan fingerprint density at radius 3 is 2.20 bits per heavy atom. The molecule has 4 heteroatoms. The predicted octanol–water partition coefficient (Wildman–Crippen LogP) is 2.15. The SMILES string of the molecule is CC(C)(C(=O)O)C(F)=CCl. The van der Waals surface area contributed by atoms with E-state index < -0.39 is 17.2 Å². The quantitative estimate of drug-likeness (QED) is 0.683. The summed E-state index contributed by atoms with van der Waals surface area (Å²) in [6, 6.07) is 0. The van der Waals surface area contributed by atoms with Gasteiger partial charge in [0.25, 0.3) is 0 Å². The Morgan fingerprint density at radius 2 is 2.10 bits per heavy atom. The van der Waals surface area contributed by atoms with Gasteiger partial charge in [-0.15, -0.1) is 0 Å². The molecule has 0 aliphatic rings. The normalized spacial score (nSPS) is 13.4. The van der Waals surface area contributed by atoms with Crippen molar-refractivity contribution in [3.63, 3.8) is 0 Å². The van der Waals surface area contributed by atoms with E-state index in [1.54, 1.807) is 0 Å². The maximum atomic E-state index is 12.5. The topological polar surface area (TPSA) is 37.3 Å². The zero-order valence-electron chi connectivity index (χ0n) is 5.69. The van der Waals surface area contributed by atoms with Crippen LogP contribution in [-0.2, 0) is 4.79 Å². The smallest absolute Gasteiger partial charge is 0.315 e. The summed E-state index contributed by atoms with van der Waals surface area (Å²) >= 11 is 4.98. The van der Waals surface area contributed by atoms with E-state index in [-0.39, 0.29) is 0 Å². The van der Waals surface area contributed by atoms with Gasteiger partial charge in [-0.1, -0.05) is 11.6 Å². The molecule has 0 bridgehead atoms. The van der Waals surface area contributed by atoms with Gasteiger partial charge in [0, 0.05) is 5.54 Å². The molecule has 0 aliphatic carbocycles. The summed E-state index contributed by atoms with van der Waals surface area (Å²) in [7, 11) is 0. The van der Waals surface area contributed by atoms with Crippen molar-refractivity contribution in [1.82, 2.24) is 0 Å². The molecule has 0 unspecified atom stereocenters. The number of rotatable bonds is 2. The zero-order valence-corrected chi connectivity index (χ0v) is 6.44. The lowest BCUT2D eigenvalue weighted by atomic mass is 9.93. The van der Waals surface area contributed by atoms with E-state index in [1.807, 2.05) is 0 Å². The summed E-state index contributed by atoms with van der Waals surface area (Å²) in [5.41, 5.74) is -0.879. The number of aliphatic carboxylic acids is 1. The molecule has 0 amide bonds. The van der Waals surface area contributed by atoms with Crippen LogP contribution < -0.4 is 0 Å². The van der Waals surface area contributed by atoms with Gasteiger partial charge in [0.1, 0.15) is 11.2 Å². The van der Waals surface area contributed by atoms with Crippen LogP contribution in [0.25, 0.3) is 0 Å². The summed E-state index contributed by atoms with van der Waals surface area (Å²) in [5, 5.41) is 8.40. The lowest BCUT2D eigenvalue weighted by molar-refractivity contribution is -0.145. The molecule has 0 saturated carbocycles. The molecule has 2 nitrogen and oxygen atoms in total. The molecule has 0 aromatic rings. The monoisotopic (exact) mass is 166 g/mol. The van der Waals surface area contributed by atoms with Crippen LogP contribution in [0.1, 0.15) is 13.8 Å². The highest BCUT2D eigenvalue weighted by Crippen LogP contribution is 2.27. The Labute approximate surface area is 63.3 Å². The molecule has 0 rings (SSSR count). The molecular formula is C6H8ClFO2. The number of carboxylic acids is 1. The van der Waals surface area contributed by atoms with Crippen LogP contribution in [0, 0.1) is 5.41 Å². The van der Waals surface area contributed by atoms with Gasteiger partial charge < -0.3 is 5.11 Å². The van der Waals surface area contributed by atoms with Gasteiger partial charge in [0.2, 0.25) is 0 Å². The van der Waals surface area contributed by atoms with E-state index in [0.29, 0.717) is 5.54 Å². The fraction of sp³-hybridized carbons (Fsp3) is 0.500. The van der Waals surface area contributed by atoms with Gasteiger partial charge in [-0.25, -0.2) is 4.39 Å². The highest BCUT2D eigenvalue weighted by Gasteiger charge is 2.32. The summed E-state index contributed by atoms with van der Waals surface area (Å²) < 4.78 is 12.5. The Hall–Kier alpha value is -0.570. The molecule has 58 valence electrons. The van der Waals surface area contributed by atoms with Crippen molar-refractivity contribution in [2.45, 2.75) is 13.8 Å². The van der Waals surface area contributed by atoms with Crippen LogP contribution in [0.2, 0.25) is 0 Å². The van der Waals surface area contributed by atoms with E-state index in [0.717, 1.165) is 0 Å². The lowest BCUT2D eigenvalue weighted by Gasteiger charge is -2.14. The first-order chi connectivity index (χ1) is 4.42. The second-order valence-electron chi connectivity index (χ2n) is 2.39. The Morgan fingerprint density at radius 1 is 1.70 bits per heavy atom. The molecular weight excluding hydrogens is 159 g/mol. The number of carbonyl (C=O) groups is 1. The van der Waals surface area contributed by atoms with Crippen LogP contribution in [0.15, 0.2) is 11.4 Å². The first-order valence-electron chi connectivity index (χ1n) is 2.62. The van der Waals surface area contributed by atoms with E-state index in [4.69, 9.17) is 16.7 Å². The van der Waals surface area contributed by atoms with E-state index in [1.165, 1.54) is 13.8 Å². The average Bonchev–Trinajstić information content (AvgIpc) is 1.86. The Balaban J connectivity index is 4.56. The number of carboxylic acid groups (broad SMARTS) is 1. The number of halogens is 2. The van der Waals surface area contributed by atoms with Gasteiger partial charge in [-0.3, -0.25) is 4.79 Å². The number of hydrogen-bond donors (Lipinski definition) is 1. The van der Waals surface area contributed by atoms with Gasteiger partial charge in [-0.05, 0) is 13.8 Å². The van der Waals surface area contributed by atoms with Crippen molar-refractivity contribution in [2.75, 3.05) is 0 Å². The van der Waals surface area contributed by atoms with E-state index >= 15 is 0 Å². The lowest BCUT2D eigenvalue weighted by Crippen LogP contribution is -2.23. The maximum absolute atomic E-state index is 12.5. The third-order valence-electron chi connectivity index (χ3n) is 1.23. The fourth-order valence-electron chi connectivity index (χ4n) is 0.239. The average molecular weight is 167 g/mol. The molecule has 0 saturated heterocycles. The van der Waals surface area contributed by atoms with Crippen molar-refractivity contribution in [1.29, 1.82) is 0 Å². The zero-order chi connectivity index (χ0) is 8.36. The summed E-state index contributed by atoms with van der Waals surface area (Å²) in [6.45, 7) is 2.48. The van der Waals surface area contributed by atoms with Crippen molar-refractivity contribution in [3.8, 4) is 0 Å². The summed E-state index contributed by atoms with van der Waals surface area (Å²) in [4.78, 5) is 10.3. The van der Waals surface area contributed by atoms with E-state index in [9.17, 15) is 9.18 Å². The third-order valence-corrected chi connectivity index (χ3v) is 1.42. The standard InChI is InChI=1S/C6H8ClFO2/c1-6(2,5(9)10)4(8)3-7/h3H,1-2H3,(H,9,10). The van der Waals surface area contributed by atoms with Gasteiger partial charge >= 0.3 is 5.97 Å². The highest BCUT2D eigenvalue weighted by molar-refractivity contribution is 6.25. The largest absolute Gasteiger partial charge is 0.481 e. The molecule has 0 radical (unpaired) electrons. The first kappa shape index (κ1) is 9.43. The molecule has 0 atom stereocenters. The van der Waals surface area contributed by atoms with E-state index in [2.05, 4.69) is 0 Å². The van der Waals surface area contributed by atoms with Crippen LogP contribution in [-0.4, -0.2) is 11.1 Å². The maximum Gasteiger partial charge on any atom is 0.315 e. The van der Waals surface area contributed by atoms with Crippen LogP contribution in [0.5, 0.6) is 0 Å². The number of hydrogen-bond acceptors (Lipinski definition) is 1. The third kappa shape index (κ3) is 1.70. The minimum atomic E-state index is -1.51. The van der Waals surface area contributed by atoms with Crippen LogP contribution in [0.3, 0.4) is 0 Å². The molecule has 0 aromatic carbocycles. The summed E-state index contributed by atoms with van der Waals surface area (Å²) in [5.74, 6) is -2.08. The fourth-order valence-corrected chi connectivity index (χ4v) is 0.511. The molecule has 0 aliphatic heterocycles. The molecule has 10 heavy (non-hydrogen) atoms. The van der Waals surface area contributed by atoms with Crippen LogP contribution >= 0.6 is 11.6 Å². The van der Waals surface area contributed by atoms with Crippen molar-refractivity contribution in [3.05, 3.63) is 11.4 Å². The van der Waals surface area contributed by atoms with Crippen molar-refractivity contribution >= 4 is 17.6 Å². The van der Waals surface area contributed by atoms with Gasteiger partial charge in [0.05, 0.1) is 0 Å². The first-order valence-corrected chi connectivity index (χ1v) is 3.06.